The molecule has 0 saturated heterocycles. The van der Waals surface area contributed by atoms with Gasteiger partial charge in [0.25, 0.3) is 0 Å². The number of benzene rings is 1. The van der Waals surface area contributed by atoms with Gasteiger partial charge in [0.1, 0.15) is 11.6 Å². The van der Waals surface area contributed by atoms with Crippen molar-refractivity contribution in [3.05, 3.63) is 53.9 Å². The predicted octanol–water partition coefficient (Wildman–Crippen LogP) is 3.56. The molecule has 0 radical (unpaired) electrons. The van der Waals surface area contributed by atoms with Crippen molar-refractivity contribution in [2.45, 2.75) is 38.0 Å². The van der Waals surface area contributed by atoms with E-state index in [9.17, 15) is 13.2 Å². The van der Waals surface area contributed by atoms with Crippen LogP contribution in [0.1, 0.15) is 36.0 Å². The zero-order valence-electron chi connectivity index (χ0n) is 14.6. The first-order valence-corrected chi connectivity index (χ1v) is 8.67. The van der Waals surface area contributed by atoms with Gasteiger partial charge in [0.15, 0.2) is 5.82 Å². The van der Waals surface area contributed by atoms with Crippen LogP contribution in [0.3, 0.4) is 0 Å². The maximum atomic E-state index is 12.3. The number of aromatic nitrogens is 5. The second kappa shape index (κ2) is 6.71. The molecule has 1 aliphatic carbocycles. The van der Waals surface area contributed by atoms with Gasteiger partial charge < -0.3 is 4.74 Å². The lowest BCUT2D eigenvalue weighted by molar-refractivity contribution is -0.274. The molecule has 0 N–H and O–H groups in total. The highest BCUT2D eigenvalue weighted by Gasteiger charge is 2.31. The number of nitrogens with zero attached hydrogens (tertiary/aromatic N) is 5. The molecule has 2 aromatic heterocycles. The average molecular weight is 377 g/mol. The maximum absolute atomic E-state index is 12.3. The Hall–Kier alpha value is -2.84. The van der Waals surface area contributed by atoms with Crippen molar-refractivity contribution in [2.75, 3.05) is 0 Å². The Labute approximate surface area is 153 Å². The highest BCUT2D eigenvalue weighted by Crippen LogP contribution is 2.38. The molecule has 0 spiro atoms. The summed E-state index contributed by atoms with van der Waals surface area (Å²) in [6.45, 7) is 0. The second-order valence-electron chi connectivity index (χ2n) is 6.64. The summed E-state index contributed by atoms with van der Waals surface area (Å²) < 4.78 is 44.4. The van der Waals surface area contributed by atoms with E-state index in [2.05, 4.69) is 19.9 Å². The number of ether oxygens (including phenoxy) is 1. The van der Waals surface area contributed by atoms with E-state index in [1.165, 1.54) is 12.1 Å². The van der Waals surface area contributed by atoms with Crippen LogP contribution in [0.2, 0.25) is 0 Å². The van der Waals surface area contributed by atoms with E-state index in [-0.39, 0.29) is 5.75 Å². The van der Waals surface area contributed by atoms with Gasteiger partial charge in [-0.1, -0.05) is 0 Å². The molecule has 0 atom stereocenters. The third-order valence-corrected chi connectivity index (χ3v) is 4.34. The van der Waals surface area contributed by atoms with Crippen molar-refractivity contribution in [2.24, 2.45) is 7.05 Å². The topological polar surface area (TPSA) is 57.8 Å². The lowest BCUT2D eigenvalue weighted by atomic mass is 10.2. The Bertz CT molecular complexity index is 925. The Morgan fingerprint density at radius 1 is 1.15 bits per heavy atom. The van der Waals surface area contributed by atoms with E-state index >= 15 is 0 Å². The van der Waals surface area contributed by atoms with Crippen LogP contribution in [0.15, 0.2) is 36.7 Å². The number of rotatable bonds is 6. The molecule has 9 heteroatoms. The van der Waals surface area contributed by atoms with E-state index in [0.29, 0.717) is 18.0 Å². The van der Waals surface area contributed by atoms with Gasteiger partial charge in [-0.3, -0.25) is 4.68 Å². The van der Waals surface area contributed by atoms with Gasteiger partial charge in [-0.05, 0) is 49.1 Å². The average Bonchev–Trinajstić information content (AvgIpc) is 3.24. The van der Waals surface area contributed by atoms with Crippen molar-refractivity contribution in [1.82, 2.24) is 24.5 Å². The maximum Gasteiger partial charge on any atom is 0.573 e. The first-order chi connectivity index (χ1) is 12.9. The van der Waals surface area contributed by atoms with Crippen molar-refractivity contribution < 1.29 is 17.9 Å². The first kappa shape index (κ1) is 17.6. The first-order valence-electron chi connectivity index (χ1n) is 8.67. The second-order valence-corrected chi connectivity index (χ2v) is 6.64. The number of hydrogen-bond acceptors (Lipinski definition) is 4. The van der Waals surface area contributed by atoms with Crippen LogP contribution >= 0.6 is 0 Å². The summed E-state index contributed by atoms with van der Waals surface area (Å²) in [6.07, 6.45) is 2.62. The quantitative estimate of drug-likeness (QED) is 0.659. The minimum absolute atomic E-state index is 0.259. The van der Waals surface area contributed by atoms with Gasteiger partial charge in [-0.25, -0.2) is 9.67 Å². The van der Waals surface area contributed by atoms with E-state index in [4.69, 9.17) is 0 Å². The van der Waals surface area contributed by atoms with Crippen molar-refractivity contribution in [3.8, 4) is 11.4 Å². The van der Waals surface area contributed by atoms with E-state index in [1.54, 1.807) is 21.5 Å². The SMILES string of the molecule is Cn1cc(CCc2nc(C3CC3)nn2-c2ccc(OC(F)(F)F)cc2)cn1. The van der Waals surface area contributed by atoms with E-state index in [1.807, 2.05) is 19.4 Å². The summed E-state index contributed by atoms with van der Waals surface area (Å²) in [5.74, 6) is 1.71. The fourth-order valence-corrected chi connectivity index (χ4v) is 2.89. The number of halogens is 3. The van der Waals surface area contributed by atoms with E-state index in [0.717, 1.165) is 36.5 Å². The van der Waals surface area contributed by atoms with Gasteiger partial charge >= 0.3 is 6.36 Å². The molecule has 3 aromatic rings. The summed E-state index contributed by atoms with van der Waals surface area (Å²) in [7, 11) is 1.86. The van der Waals surface area contributed by atoms with E-state index < -0.39 is 6.36 Å². The van der Waals surface area contributed by atoms with Crippen LogP contribution < -0.4 is 4.74 Å². The molecule has 1 aromatic carbocycles. The standard InChI is InChI=1S/C18H18F3N5O/c1-25-11-12(10-22-25)2-9-16-23-17(13-3-4-13)24-26(16)14-5-7-15(8-6-14)27-18(19,20)21/h5-8,10-11,13H,2-4,9H2,1H3. The monoisotopic (exact) mass is 377 g/mol. The van der Waals surface area contributed by atoms with Crippen LogP contribution in [0.5, 0.6) is 5.75 Å². The van der Waals surface area contributed by atoms with Crippen LogP contribution in [0.4, 0.5) is 13.2 Å². The zero-order valence-corrected chi connectivity index (χ0v) is 14.6. The smallest absolute Gasteiger partial charge is 0.406 e. The highest BCUT2D eigenvalue weighted by atomic mass is 19.4. The van der Waals surface area contributed by atoms with Gasteiger partial charge in [0, 0.05) is 25.6 Å². The molecule has 1 fully saturated rings. The van der Waals surface area contributed by atoms with Gasteiger partial charge in [0.2, 0.25) is 0 Å². The number of hydrogen-bond donors (Lipinski definition) is 0. The molecule has 4 rings (SSSR count). The summed E-state index contributed by atoms with van der Waals surface area (Å²) in [5.41, 5.74) is 1.75. The zero-order chi connectivity index (χ0) is 19.0. The van der Waals surface area contributed by atoms with Crippen molar-refractivity contribution in [1.29, 1.82) is 0 Å². The molecule has 2 heterocycles. The van der Waals surface area contributed by atoms with Gasteiger partial charge in [-0.2, -0.15) is 10.2 Å². The minimum atomic E-state index is -4.71. The summed E-state index contributed by atoms with van der Waals surface area (Å²) in [4.78, 5) is 4.67. The molecule has 0 amide bonds. The molecule has 142 valence electrons. The van der Waals surface area contributed by atoms with Crippen LogP contribution in [-0.4, -0.2) is 30.9 Å². The normalized spacial score (nSPS) is 14.5. The molecule has 0 bridgehead atoms. The predicted molar refractivity (Wildman–Crippen MR) is 90.6 cm³/mol. The molecule has 1 aliphatic rings. The number of alkyl halides is 3. The summed E-state index contributed by atoms with van der Waals surface area (Å²) >= 11 is 0. The molecule has 6 nitrogen and oxygen atoms in total. The summed E-state index contributed by atoms with van der Waals surface area (Å²) in [5, 5.41) is 8.75. The molecular formula is C18H18F3N5O. The Morgan fingerprint density at radius 3 is 2.48 bits per heavy atom. The Morgan fingerprint density at radius 2 is 1.89 bits per heavy atom. The van der Waals surface area contributed by atoms with Gasteiger partial charge in [0.05, 0.1) is 11.9 Å². The minimum Gasteiger partial charge on any atom is -0.406 e. The molecule has 0 aliphatic heterocycles. The van der Waals surface area contributed by atoms with Crippen LogP contribution in [0.25, 0.3) is 5.69 Å². The lowest BCUT2D eigenvalue weighted by Crippen LogP contribution is -2.17. The molecule has 0 unspecified atom stereocenters. The Kier molecular flexibility index (Phi) is 4.37. The van der Waals surface area contributed by atoms with Gasteiger partial charge in [-0.15, -0.1) is 13.2 Å². The van der Waals surface area contributed by atoms with Crippen molar-refractivity contribution >= 4 is 0 Å². The number of aryl methyl sites for hydroxylation is 3. The van der Waals surface area contributed by atoms with Crippen LogP contribution in [-0.2, 0) is 19.9 Å². The largest absolute Gasteiger partial charge is 0.573 e. The fourth-order valence-electron chi connectivity index (χ4n) is 2.89. The fraction of sp³-hybridized carbons (Fsp3) is 0.389. The molecular weight excluding hydrogens is 359 g/mol. The summed E-state index contributed by atoms with van der Waals surface area (Å²) in [6, 6.07) is 5.68. The lowest BCUT2D eigenvalue weighted by Gasteiger charge is -2.10. The molecule has 27 heavy (non-hydrogen) atoms. The van der Waals surface area contributed by atoms with Crippen molar-refractivity contribution in [3.63, 3.8) is 0 Å². The highest BCUT2D eigenvalue weighted by molar-refractivity contribution is 5.38. The molecule has 1 saturated carbocycles. The van der Waals surface area contributed by atoms with Crippen LogP contribution in [0, 0.1) is 0 Å². The Balaban J connectivity index is 1.57. The third kappa shape index (κ3) is 4.29. The third-order valence-electron chi connectivity index (χ3n) is 4.34.